The van der Waals surface area contributed by atoms with E-state index in [0.29, 0.717) is 22.6 Å². The van der Waals surface area contributed by atoms with E-state index in [4.69, 9.17) is 14.2 Å². The van der Waals surface area contributed by atoms with Gasteiger partial charge in [-0.3, -0.25) is 4.79 Å². The number of aryl methyl sites for hydroxylation is 1. The van der Waals surface area contributed by atoms with Crippen LogP contribution in [0.15, 0.2) is 42.5 Å². The molecule has 0 fully saturated rings. The number of ether oxygens (including phenoxy) is 3. The predicted molar refractivity (Wildman–Crippen MR) is 85.3 cm³/mol. The summed E-state index contributed by atoms with van der Waals surface area (Å²) >= 11 is 0. The fraction of sp³-hybridized carbons (Fsp3) is 0.222. The molecular weight excluding hydrogens is 296 g/mol. The SMILES string of the molecule is COc1ccc(C(=O)COC(=O)c2ccc(C)cc2)cc1OC. The topological polar surface area (TPSA) is 61.8 Å². The first-order valence-electron chi connectivity index (χ1n) is 7.04. The van der Waals surface area contributed by atoms with Crippen molar-refractivity contribution < 1.29 is 23.8 Å². The van der Waals surface area contributed by atoms with Gasteiger partial charge in [0, 0.05) is 5.56 Å². The van der Waals surface area contributed by atoms with Crippen LogP contribution in [0.5, 0.6) is 11.5 Å². The van der Waals surface area contributed by atoms with Crippen molar-refractivity contribution in [1.29, 1.82) is 0 Å². The molecule has 5 heteroatoms. The van der Waals surface area contributed by atoms with Gasteiger partial charge in [0.2, 0.25) is 0 Å². The van der Waals surface area contributed by atoms with E-state index in [9.17, 15) is 9.59 Å². The van der Waals surface area contributed by atoms with Crippen LogP contribution < -0.4 is 9.47 Å². The largest absolute Gasteiger partial charge is 0.493 e. The van der Waals surface area contributed by atoms with Crippen LogP contribution in [0.25, 0.3) is 0 Å². The Balaban J connectivity index is 2.02. The standard InChI is InChI=1S/C18H18O5/c1-12-4-6-13(7-5-12)18(20)23-11-15(19)14-8-9-16(21-2)17(10-14)22-3/h4-10H,11H2,1-3H3. The number of hydrogen-bond donors (Lipinski definition) is 0. The lowest BCUT2D eigenvalue weighted by Crippen LogP contribution is -2.14. The molecule has 0 aromatic heterocycles. The first kappa shape index (κ1) is 16.5. The fourth-order valence-corrected chi connectivity index (χ4v) is 2.00. The molecule has 2 aromatic rings. The minimum Gasteiger partial charge on any atom is -0.493 e. The highest BCUT2D eigenvalue weighted by atomic mass is 16.5. The zero-order valence-corrected chi connectivity index (χ0v) is 13.3. The monoisotopic (exact) mass is 314 g/mol. The minimum absolute atomic E-state index is 0.314. The van der Waals surface area contributed by atoms with Crippen molar-refractivity contribution in [3.63, 3.8) is 0 Å². The molecule has 0 saturated carbocycles. The van der Waals surface area contributed by atoms with Crippen LogP contribution in [-0.4, -0.2) is 32.6 Å². The number of Topliss-reactive ketones (excluding diaryl/α,β-unsaturated/α-hetero) is 1. The van der Waals surface area contributed by atoms with Gasteiger partial charge in [0.15, 0.2) is 23.9 Å². The molecule has 23 heavy (non-hydrogen) atoms. The van der Waals surface area contributed by atoms with Crippen molar-refractivity contribution in [3.8, 4) is 11.5 Å². The summed E-state index contributed by atoms with van der Waals surface area (Å²) in [6, 6.07) is 11.7. The molecule has 5 nitrogen and oxygen atoms in total. The number of hydrogen-bond acceptors (Lipinski definition) is 5. The first-order valence-corrected chi connectivity index (χ1v) is 7.04. The maximum atomic E-state index is 12.1. The minimum atomic E-state index is -0.529. The maximum absolute atomic E-state index is 12.1. The van der Waals surface area contributed by atoms with E-state index in [0.717, 1.165) is 5.56 Å². The Morgan fingerprint density at radius 3 is 2.09 bits per heavy atom. The predicted octanol–water partition coefficient (Wildman–Crippen LogP) is 3.05. The molecule has 0 aliphatic heterocycles. The molecule has 0 spiro atoms. The summed E-state index contributed by atoms with van der Waals surface area (Å²) in [7, 11) is 3.01. The van der Waals surface area contributed by atoms with Gasteiger partial charge in [-0.1, -0.05) is 17.7 Å². The molecule has 0 atom stereocenters. The van der Waals surface area contributed by atoms with Crippen molar-refractivity contribution >= 4 is 11.8 Å². The molecular formula is C18H18O5. The van der Waals surface area contributed by atoms with Crippen LogP contribution in [-0.2, 0) is 4.74 Å². The smallest absolute Gasteiger partial charge is 0.338 e. The molecule has 0 heterocycles. The van der Waals surface area contributed by atoms with Crippen molar-refractivity contribution in [2.45, 2.75) is 6.92 Å². The van der Waals surface area contributed by atoms with Crippen LogP contribution in [0.4, 0.5) is 0 Å². The average Bonchev–Trinajstić information content (AvgIpc) is 2.59. The third-order valence-electron chi connectivity index (χ3n) is 3.33. The summed E-state index contributed by atoms with van der Waals surface area (Å²) in [5.41, 5.74) is 1.85. The summed E-state index contributed by atoms with van der Waals surface area (Å²) < 4.78 is 15.3. The molecule has 0 unspecified atom stereocenters. The van der Waals surface area contributed by atoms with E-state index >= 15 is 0 Å². The van der Waals surface area contributed by atoms with Gasteiger partial charge in [0.1, 0.15) is 0 Å². The Kier molecular flexibility index (Phi) is 5.36. The number of rotatable bonds is 6. The van der Waals surface area contributed by atoms with E-state index < -0.39 is 5.97 Å². The van der Waals surface area contributed by atoms with E-state index in [1.165, 1.54) is 14.2 Å². The van der Waals surface area contributed by atoms with E-state index in [1.807, 2.05) is 19.1 Å². The highest BCUT2D eigenvalue weighted by Crippen LogP contribution is 2.27. The first-order chi connectivity index (χ1) is 11.0. The van der Waals surface area contributed by atoms with Crippen LogP contribution in [0.1, 0.15) is 26.3 Å². The number of carbonyl (C=O) groups excluding carboxylic acids is 2. The van der Waals surface area contributed by atoms with Crippen LogP contribution in [0.2, 0.25) is 0 Å². The van der Waals surface area contributed by atoms with Crippen molar-refractivity contribution in [2.24, 2.45) is 0 Å². The molecule has 0 amide bonds. The van der Waals surface area contributed by atoms with Crippen LogP contribution in [0, 0.1) is 6.92 Å². The van der Waals surface area contributed by atoms with Gasteiger partial charge >= 0.3 is 5.97 Å². The third-order valence-corrected chi connectivity index (χ3v) is 3.33. The number of ketones is 1. The van der Waals surface area contributed by atoms with Crippen LogP contribution >= 0.6 is 0 Å². The van der Waals surface area contributed by atoms with Gasteiger partial charge in [0.05, 0.1) is 19.8 Å². The van der Waals surface area contributed by atoms with Gasteiger partial charge in [-0.25, -0.2) is 4.79 Å². The van der Waals surface area contributed by atoms with Crippen molar-refractivity contribution in [3.05, 3.63) is 59.2 Å². The molecule has 0 radical (unpaired) electrons. The Morgan fingerprint density at radius 1 is 0.870 bits per heavy atom. The molecule has 0 aliphatic carbocycles. The highest BCUT2D eigenvalue weighted by molar-refractivity contribution is 5.99. The Labute approximate surface area is 134 Å². The number of methoxy groups -OCH3 is 2. The molecule has 2 rings (SSSR count). The van der Waals surface area contributed by atoms with E-state index in [-0.39, 0.29) is 12.4 Å². The van der Waals surface area contributed by atoms with E-state index in [1.54, 1.807) is 30.3 Å². The molecule has 2 aromatic carbocycles. The van der Waals surface area contributed by atoms with Crippen molar-refractivity contribution in [1.82, 2.24) is 0 Å². The second kappa shape index (κ2) is 7.45. The summed E-state index contributed by atoms with van der Waals surface area (Å²) in [5.74, 6) is 0.133. The third kappa shape index (κ3) is 4.10. The van der Waals surface area contributed by atoms with E-state index in [2.05, 4.69) is 0 Å². The zero-order chi connectivity index (χ0) is 16.8. The second-order valence-corrected chi connectivity index (χ2v) is 4.94. The van der Waals surface area contributed by atoms with Gasteiger partial charge < -0.3 is 14.2 Å². The summed E-state index contributed by atoms with van der Waals surface area (Å²) in [6.07, 6.45) is 0. The number of carbonyl (C=O) groups is 2. The maximum Gasteiger partial charge on any atom is 0.338 e. The number of esters is 1. The lowest BCUT2D eigenvalue weighted by Gasteiger charge is -2.09. The molecule has 0 saturated heterocycles. The Bertz CT molecular complexity index is 704. The van der Waals surface area contributed by atoms with Crippen LogP contribution in [0.3, 0.4) is 0 Å². The average molecular weight is 314 g/mol. The van der Waals surface area contributed by atoms with Gasteiger partial charge in [-0.15, -0.1) is 0 Å². The van der Waals surface area contributed by atoms with Crippen molar-refractivity contribution in [2.75, 3.05) is 20.8 Å². The van der Waals surface area contributed by atoms with Gasteiger partial charge in [-0.05, 0) is 37.3 Å². The second-order valence-electron chi connectivity index (χ2n) is 4.94. The quantitative estimate of drug-likeness (QED) is 0.606. The Morgan fingerprint density at radius 2 is 1.48 bits per heavy atom. The highest BCUT2D eigenvalue weighted by Gasteiger charge is 2.14. The normalized spacial score (nSPS) is 10.0. The number of benzene rings is 2. The molecule has 120 valence electrons. The zero-order valence-electron chi connectivity index (χ0n) is 13.3. The van der Waals surface area contributed by atoms with Gasteiger partial charge in [0.25, 0.3) is 0 Å². The summed E-state index contributed by atoms with van der Waals surface area (Å²) in [4.78, 5) is 24.0. The van der Waals surface area contributed by atoms with Gasteiger partial charge in [-0.2, -0.15) is 0 Å². The lowest BCUT2D eigenvalue weighted by atomic mass is 10.1. The summed E-state index contributed by atoms with van der Waals surface area (Å²) in [5, 5.41) is 0. The molecule has 0 N–H and O–H groups in total. The fourth-order valence-electron chi connectivity index (χ4n) is 2.00. The summed E-state index contributed by atoms with van der Waals surface area (Å²) in [6.45, 7) is 1.60. The Hall–Kier alpha value is -2.82. The lowest BCUT2D eigenvalue weighted by molar-refractivity contribution is 0.0474. The molecule has 0 bridgehead atoms. The molecule has 0 aliphatic rings.